The van der Waals surface area contributed by atoms with Crippen molar-refractivity contribution in [3.8, 4) is 22.9 Å². The summed E-state index contributed by atoms with van der Waals surface area (Å²) in [6.45, 7) is 3.72. The molecule has 0 fully saturated rings. The largest absolute Gasteiger partial charge is 0.399 e. The smallest absolute Gasteiger partial charge is 0.101 e. The summed E-state index contributed by atoms with van der Waals surface area (Å²) in [5.41, 5.74) is 10.4. The monoisotopic (exact) mass is 319 g/mol. The lowest BCUT2D eigenvalue weighted by atomic mass is 10.1. The van der Waals surface area contributed by atoms with Gasteiger partial charge in [0, 0.05) is 34.4 Å². The molecular weight excluding hydrogens is 306 g/mol. The van der Waals surface area contributed by atoms with E-state index in [4.69, 9.17) is 17.3 Å². The lowest BCUT2D eigenvalue weighted by molar-refractivity contribution is 1.08. The highest BCUT2D eigenvalue weighted by atomic mass is 35.5. The van der Waals surface area contributed by atoms with E-state index in [9.17, 15) is 5.26 Å². The second-order valence-electron chi connectivity index (χ2n) is 5.19. The molecule has 2 aromatic carbocycles. The van der Waals surface area contributed by atoms with Gasteiger partial charge in [0.1, 0.15) is 6.07 Å². The van der Waals surface area contributed by atoms with E-state index in [0.29, 0.717) is 16.3 Å². The number of nitrogens with zero attached hydrogens (tertiary/aromatic N) is 2. The summed E-state index contributed by atoms with van der Waals surface area (Å²) in [6, 6.07) is 17.4. The summed E-state index contributed by atoms with van der Waals surface area (Å²) in [5, 5.41) is 10.0. The fourth-order valence-corrected chi connectivity index (χ4v) is 2.62. The van der Waals surface area contributed by atoms with Crippen LogP contribution in [0.5, 0.6) is 0 Å². The minimum atomic E-state index is 0.529. The van der Waals surface area contributed by atoms with Crippen LogP contribution in [0.2, 0.25) is 5.02 Å². The quantitative estimate of drug-likeness (QED) is 0.767. The van der Waals surface area contributed by atoms with Crippen molar-refractivity contribution < 1.29 is 0 Å². The van der Waals surface area contributed by atoms with Crippen molar-refractivity contribution in [1.29, 1.82) is 5.26 Å². The van der Waals surface area contributed by atoms with E-state index in [1.54, 1.807) is 0 Å². The minimum Gasteiger partial charge on any atom is -0.399 e. The lowest BCUT2D eigenvalue weighted by Gasteiger charge is -2.05. The van der Waals surface area contributed by atoms with Crippen molar-refractivity contribution in [2.45, 2.75) is 0 Å². The van der Waals surface area contributed by atoms with Gasteiger partial charge in [0.25, 0.3) is 0 Å². The van der Waals surface area contributed by atoms with Crippen molar-refractivity contribution >= 4 is 17.3 Å². The molecule has 0 spiro atoms. The minimum absolute atomic E-state index is 0.529. The summed E-state index contributed by atoms with van der Waals surface area (Å²) in [5.74, 6) is 0. The van der Waals surface area contributed by atoms with Gasteiger partial charge in [-0.25, -0.2) is 0 Å². The fraction of sp³-hybridized carbons (Fsp3) is 0. The predicted octanol–water partition coefficient (Wildman–Crippen LogP) is 4.60. The molecule has 0 aliphatic heterocycles. The number of benzene rings is 2. The molecule has 0 aliphatic carbocycles. The Balaban J connectivity index is 2.05. The van der Waals surface area contributed by atoms with E-state index >= 15 is 0 Å². The molecule has 4 heteroatoms. The molecule has 0 radical (unpaired) electrons. The molecule has 0 saturated heterocycles. The molecule has 0 aliphatic rings. The molecule has 112 valence electrons. The van der Waals surface area contributed by atoms with E-state index in [2.05, 4.69) is 12.6 Å². The molecule has 3 aromatic rings. The third-order valence-corrected chi connectivity index (χ3v) is 3.85. The van der Waals surface area contributed by atoms with E-state index in [0.717, 1.165) is 22.4 Å². The van der Waals surface area contributed by atoms with Crippen LogP contribution in [0.25, 0.3) is 22.5 Å². The van der Waals surface area contributed by atoms with Crippen LogP contribution in [0.4, 0.5) is 0 Å². The average molecular weight is 320 g/mol. The van der Waals surface area contributed by atoms with Crippen molar-refractivity contribution in [2.75, 3.05) is 0 Å². The number of nitriles is 1. The van der Waals surface area contributed by atoms with Crippen LogP contribution in [0.3, 0.4) is 0 Å². The summed E-state index contributed by atoms with van der Waals surface area (Å²) in [6.07, 6.45) is 3.74. The van der Waals surface area contributed by atoms with E-state index in [1.165, 1.54) is 0 Å². The SMILES string of the molecule is C=C(N)c1ccc(-n2cc(C#N)c(-c3cccc(Cl)c3)c2)cc1. The van der Waals surface area contributed by atoms with E-state index in [-0.39, 0.29) is 0 Å². The van der Waals surface area contributed by atoms with Crippen molar-refractivity contribution in [2.24, 2.45) is 5.73 Å². The molecule has 0 amide bonds. The number of hydrogen-bond acceptors (Lipinski definition) is 2. The normalized spacial score (nSPS) is 10.3. The van der Waals surface area contributed by atoms with Gasteiger partial charge in [-0.2, -0.15) is 5.26 Å². The Hall–Kier alpha value is -2.96. The Morgan fingerprint density at radius 2 is 1.87 bits per heavy atom. The topological polar surface area (TPSA) is 54.7 Å². The Labute approximate surface area is 139 Å². The van der Waals surface area contributed by atoms with Gasteiger partial charge >= 0.3 is 0 Å². The van der Waals surface area contributed by atoms with Crippen molar-refractivity contribution in [3.63, 3.8) is 0 Å². The third-order valence-electron chi connectivity index (χ3n) is 3.62. The molecule has 0 unspecified atom stereocenters. The van der Waals surface area contributed by atoms with Gasteiger partial charge in [0.05, 0.1) is 5.56 Å². The highest BCUT2D eigenvalue weighted by Gasteiger charge is 2.10. The van der Waals surface area contributed by atoms with Crippen molar-refractivity contribution in [3.05, 3.63) is 83.7 Å². The molecule has 0 atom stereocenters. The molecule has 3 nitrogen and oxygen atoms in total. The maximum absolute atomic E-state index is 9.40. The second kappa shape index (κ2) is 6.04. The molecular formula is C19H14ClN3. The Kier molecular flexibility index (Phi) is 3.92. The molecule has 2 N–H and O–H groups in total. The standard InChI is InChI=1S/C19H14ClN3/c1-13(22)14-5-7-18(8-6-14)23-11-16(10-21)19(12-23)15-3-2-4-17(20)9-15/h2-9,11-12H,1,22H2. The van der Waals surface area contributed by atoms with Crippen LogP contribution in [0.1, 0.15) is 11.1 Å². The maximum Gasteiger partial charge on any atom is 0.101 e. The van der Waals surface area contributed by atoms with Crippen LogP contribution in [-0.2, 0) is 0 Å². The Morgan fingerprint density at radius 1 is 1.13 bits per heavy atom. The number of aromatic nitrogens is 1. The number of halogens is 1. The molecule has 0 saturated carbocycles. The van der Waals surface area contributed by atoms with E-state index < -0.39 is 0 Å². The number of hydrogen-bond donors (Lipinski definition) is 1. The summed E-state index contributed by atoms with van der Waals surface area (Å²) < 4.78 is 1.91. The van der Waals surface area contributed by atoms with Crippen LogP contribution >= 0.6 is 11.6 Å². The predicted molar refractivity (Wildman–Crippen MR) is 94.2 cm³/mol. The Bertz CT molecular complexity index is 915. The van der Waals surface area contributed by atoms with Gasteiger partial charge in [-0.15, -0.1) is 0 Å². The highest BCUT2D eigenvalue weighted by Crippen LogP contribution is 2.28. The van der Waals surface area contributed by atoms with Gasteiger partial charge < -0.3 is 10.3 Å². The van der Waals surface area contributed by atoms with Crippen LogP contribution < -0.4 is 5.73 Å². The summed E-state index contributed by atoms with van der Waals surface area (Å²) in [4.78, 5) is 0. The number of nitrogens with two attached hydrogens (primary N) is 1. The van der Waals surface area contributed by atoms with Gasteiger partial charge in [-0.05, 0) is 35.4 Å². The van der Waals surface area contributed by atoms with Gasteiger partial charge in [-0.3, -0.25) is 0 Å². The maximum atomic E-state index is 9.40. The Morgan fingerprint density at radius 3 is 2.48 bits per heavy atom. The first kappa shape index (κ1) is 15.0. The zero-order chi connectivity index (χ0) is 16.4. The molecule has 0 bridgehead atoms. The first-order chi connectivity index (χ1) is 11.1. The van der Waals surface area contributed by atoms with Gasteiger partial charge in [0.15, 0.2) is 0 Å². The van der Waals surface area contributed by atoms with Crippen LogP contribution in [0.15, 0.2) is 67.5 Å². The van der Waals surface area contributed by atoms with E-state index in [1.807, 2.05) is 65.5 Å². The zero-order valence-electron chi connectivity index (χ0n) is 12.3. The van der Waals surface area contributed by atoms with Crippen LogP contribution in [-0.4, -0.2) is 4.57 Å². The highest BCUT2D eigenvalue weighted by molar-refractivity contribution is 6.30. The molecule has 1 aromatic heterocycles. The summed E-state index contributed by atoms with van der Waals surface area (Å²) in [7, 11) is 0. The van der Waals surface area contributed by atoms with Gasteiger partial charge in [-0.1, -0.05) is 42.4 Å². The first-order valence-electron chi connectivity index (χ1n) is 7.01. The van der Waals surface area contributed by atoms with Crippen molar-refractivity contribution in [1.82, 2.24) is 4.57 Å². The molecule has 23 heavy (non-hydrogen) atoms. The fourth-order valence-electron chi connectivity index (χ4n) is 2.43. The average Bonchev–Trinajstić information content (AvgIpc) is 2.99. The number of rotatable bonds is 3. The first-order valence-corrected chi connectivity index (χ1v) is 7.39. The van der Waals surface area contributed by atoms with Crippen LogP contribution in [0, 0.1) is 11.3 Å². The molecule has 3 rings (SSSR count). The molecule has 1 heterocycles. The second-order valence-corrected chi connectivity index (χ2v) is 5.62. The third kappa shape index (κ3) is 2.98. The summed E-state index contributed by atoms with van der Waals surface area (Å²) >= 11 is 6.05. The van der Waals surface area contributed by atoms with Gasteiger partial charge in [0.2, 0.25) is 0 Å². The lowest BCUT2D eigenvalue weighted by Crippen LogP contribution is -1.95. The zero-order valence-corrected chi connectivity index (χ0v) is 13.1.